The number of hydrogen-bond donors (Lipinski definition) is 0. The standard InChI is InChI=1S/C22H24N4O2S2/c1-5-6-9-30-22-23-20-18(24-25-22)16-12-13(2)11-14(3)19(16)26(15(4)27)21(28-20)17-8-7-10-29-17/h7-8,10-12,21H,5-6,9H2,1-4H3/t21-/m1/s1. The molecule has 8 heteroatoms. The Labute approximate surface area is 184 Å². The molecule has 1 aromatic carbocycles. The number of fused-ring (bicyclic) bond motifs is 3. The molecule has 156 valence electrons. The summed E-state index contributed by atoms with van der Waals surface area (Å²) in [6, 6.07) is 8.03. The fraction of sp³-hybridized carbons (Fsp3) is 0.364. The van der Waals surface area contributed by atoms with Crippen molar-refractivity contribution in [2.45, 2.75) is 51.9 Å². The van der Waals surface area contributed by atoms with E-state index in [-0.39, 0.29) is 5.91 Å². The average Bonchev–Trinajstić information content (AvgIpc) is 3.19. The van der Waals surface area contributed by atoms with E-state index in [1.165, 1.54) is 0 Å². The Balaban J connectivity index is 1.91. The van der Waals surface area contributed by atoms with E-state index in [9.17, 15) is 4.79 Å². The molecule has 1 aliphatic rings. The van der Waals surface area contributed by atoms with Crippen LogP contribution in [-0.2, 0) is 4.79 Å². The van der Waals surface area contributed by atoms with E-state index in [4.69, 9.17) is 9.72 Å². The summed E-state index contributed by atoms with van der Waals surface area (Å²) in [4.78, 5) is 20.2. The summed E-state index contributed by atoms with van der Waals surface area (Å²) in [5.41, 5.74) is 4.26. The Morgan fingerprint density at radius 2 is 2.13 bits per heavy atom. The first-order chi connectivity index (χ1) is 14.5. The highest BCUT2D eigenvalue weighted by Gasteiger charge is 2.36. The second kappa shape index (κ2) is 8.73. The van der Waals surface area contributed by atoms with Crippen LogP contribution in [0.3, 0.4) is 0 Å². The molecule has 0 fully saturated rings. The van der Waals surface area contributed by atoms with Gasteiger partial charge < -0.3 is 4.74 Å². The largest absolute Gasteiger partial charge is 0.446 e. The van der Waals surface area contributed by atoms with Crippen molar-refractivity contribution in [2.24, 2.45) is 0 Å². The molecule has 4 rings (SSSR count). The van der Waals surface area contributed by atoms with Crippen molar-refractivity contribution in [1.82, 2.24) is 15.2 Å². The number of aryl methyl sites for hydroxylation is 2. The monoisotopic (exact) mass is 440 g/mol. The Morgan fingerprint density at radius 1 is 1.30 bits per heavy atom. The zero-order valence-electron chi connectivity index (χ0n) is 17.5. The number of aromatic nitrogens is 3. The van der Waals surface area contributed by atoms with Crippen molar-refractivity contribution in [3.63, 3.8) is 0 Å². The summed E-state index contributed by atoms with van der Waals surface area (Å²) in [5, 5.41) is 11.4. The maximum atomic E-state index is 12.8. The fourth-order valence-corrected chi connectivity index (χ4v) is 5.20. The summed E-state index contributed by atoms with van der Waals surface area (Å²) in [7, 11) is 0. The molecular weight excluding hydrogens is 416 g/mol. The maximum absolute atomic E-state index is 12.8. The molecular formula is C22H24N4O2S2. The number of thiophene rings is 1. The van der Waals surface area contributed by atoms with Crippen molar-refractivity contribution >= 4 is 34.7 Å². The third kappa shape index (κ3) is 3.94. The molecule has 1 atom stereocenters. The Morgan fingerprint density at radius 3 is 2.83 bits per heavy atom. The van der Waals surface area contributed by atoms with Crippen LogP contribution >= 0.6 is 23.1 Å². The molecule has 0 spiro atoms. The second-order valence-corrected chi connectivity index (χ2v) is 9.34. The summed E-state index contributed by atoms with van der Waals surface area (Å²) >= 11 is 3.13. The van der Waals surface area contributed by atoms with Gasteiger partial charge in [0.2, 0.25) is 23.2 Å². The number of carbonyl (C=O) groups is 1. The van der Waals surface area contributed by atoms with Gasteiger partial charge in [-0.25, -0.2) is 0 Å². The number of anilines is 1. The van der Waals surface area contributed by atoms with E-state index in [1.54, 1.807) is 34.9 Å². The van der Waals surface area contributed by atoms with Gasteiger partial charge in [0.25, 0.3) is 0 Å². The zero-order chi connectivity index (χ0) is 21.3. The van der Waals surface area contributed by atoms with Gasteiger partial charge in [-0.15, -0.1) is 21.5 Å². The van der Waals surface area contributed by atoms with E-state index in [0.29, 0.717) is 16.7 Å². The SMILES string of the molecule is CCCCSc1nnc2c(n1)O[C@H](c1cccs1)N(C(C)=O)c1c(C)cc(C)cc1-2. The van der Waals surface area contributed by atoms with Crippen LogP contribution in [0, 0.1) is 13.8 Å². The predicted octanol–water partition coefficient (Wildman–Crippen LogP) is 5.55. The van der Waals surface area contributed by atoms with Gasteiger partial charge in [0.1, 0.15) is 0 Å². The smallest absolute Gasteiger partial charge is 0.247 e. The van der Waals surface area contributed by atoms with E-state index in [1.807, 2.05) is 37.4 Å². The molecule has 0 saturated carbocycles. The highest BCUT2D eigenvalue weighted by molar-refractivity contribution is 7.99. The van der Waals surface area contributed by atoms with E-state index in [2.05, 4.69) is 23.2 Å². The molecule has 3 aromatic rings. The molecule has 1 aliphatic heterocycles. The molecule has 6 nitrogen and oxygen atoms in total. The molecule has 0 aliphatic carbocycles. The third-order valence-electron chi connectivity index (χ3n) is 4.89. The predicted molar refractivity (Wildman–Crippen MR) is 121 cm³/mol. The number of thioether (sulfide) groups is 1. The molecule has 0 radical (unpaired) electrons. The minimum Gasteiger partial charge on any atom is -0.446 e. The summed E-state index contributed by atoms with van der Waals surface area (Å²) in [5.74, 6) is 1.25. The summed E-state index contributed by atoms with van der Waals surface area (Å²) in [6.07, 6.45) is 1.60. The number of benzene rings is 1. The molecule has 30 heavy (non-hydrogen) atoms. The summed E-state index contributed by atoms with van der Waals surface area (Å²) in [6.45, 7) is 7.76. The number of ether oxygens (including phenoxy) is 1. The first-order valence-electron chi connectivity index (χ1n) is 9.98. The number of unbranched alkanes of at least 4 members (excludes halogenated alkanes) is 1. The van der Waals surface area contributed by atoms with Crippen LogP contribution in [0.1, 0.15) is 48.9 Å². The van der Waals surface area contributed by atoms with Crippen LogP contribution in [0.2, 0.25) is 0 Å². The van der Waals surface area contributed by atoms with Gasteiger partial charge >= 0.3 is 0 Å². The highest BCUT2D eigenvalue weighted by Crippen LogP contribution is 2.46. The number of amides is 1. The zero-order valence-corrected chi connectivity index (χ0v) is 19.1. The third-order valence-corrected chi connectivity index (χ3v) is 6.72. The molecule has 3 heterocycles. The van der Waals surface area contributed by atoms with E-state index < -0.39 is 6.23 Å². The quantitative estimate of drug-likeness (QED) is 0.383. The van der Waals surface area contributed by atoms with E-state index in [0.717, 1.165) is 45.8 Å². The molecule has 0 N–H and O–H groups in total. The Bertz CT molecular complexity index is 1070. The first-order valence-corrected chi connectivity index (χ1v) is 11.8. The van der Waals surface area contributed by atoms with Crippen molar-refractivity contribution in [3.05, 3.63) is 45.6 Å². The van der Waals surface area contributed by atoms with Crippen molar-refractivity contribution in [2.75, 3.05) is 10.7 Å². The first kappa shape index (κ1) is 20.8. The number of hydrogen-bond acceptors (Lipinski definition) is 7. The minimum atomic E-state index is -0.603. The average molecular weight is 441 g/mol. The molecule has 0 saturated heterocycles. The van der Waals surface area contributed by atoms with Crippen LogP contribution < -0.4 is 9.64 Å². The van der Waals surface area contributed by atoms with Crippen LogP contribution in [-0.4, -0.2) is 26.8 Å². The van der Waals surface area contributed by atoms with Crippen LogP contribution in [0.4, 0.5) is 5.69 Å². The number of nitrogens with zero attached hydrogens (tertiary/aromatic N) is 4. The van der Waals surface area contributed by atoms with Crippen LogP contribution in [0.25, 0.3) is 11.3 Å². The van der Waals surface area contributed by atoms with Gasteiger partial charge in [-0.05, 0) is 43.3 Å². The normalized spacial score (nSPS) is 15.2. The van der Waals surface area contributed by atoms with Crippen LogP contribution in [0.5, 0.6) is 5.88 Å². The molecule has 0 unspecified atom stereocenters. The second-order valence-electron chi connectivity index (χ2n) is 7.30. The van der Waals surface area contributed by atoms with Crippen LogP contribution in [0.15, 0.2) is 34.8 Å². The van der Waals surface area contributed by atoms with Crippen molar-refractivity contribution < 1.29 is 9.53 Å². The highest BCUT2D eigenvalue weighted by atomic mass is 32.2. The van der Waals surface area contributed by atoms with Gasteiger partial charge in [0, 0.05) is 18.2 Å². The lowest BCUT2D eigenvalue weighted by Gasteiger charge is -2.30. The van der Waals surface area contributed by atoms with Crippen molar-refractivity contribution in [3.8, 4) is 17.1 Å². The van der Waals surface area contributed by atoms with Crippen molar-refractivity contribution in [1.29, 1.82) is 0 Å². The minimum absolute atomic E-state index is 0.0973. The number of rotatable bonds is 5. The lowest BCUT2D eigenvalue weighted by atomic mass is 10.0. The maximum Gasteiger partial charge on any atom is 0.247 e. The Hall–Kier alpha value is -2.45. The van der Waals surface area contributed by atoms with Gasteiger partial charge in [0.05, 0.1) is 10.6 Å². The van der Waals surface area contributed by atoms with Gasteiger partial charge in [-0.2, -0.15) is 4.98 Å². The lowest BCUT2D eigenvalue weighted by Crippen LogP contribution is -2.36. The van der Waals surface area contributed by atoms with Gasteiger partial charge in [-0.3, -0.25) is 9.69 Å². The molecule has 2 aromatic heterocycles. The summed E-state index contributed by atoms with van der Waals surface area (Å²) < 4.78 is 6.39. The Kier molecular flexibility index (Phi) is 6.06. The lowest BCUT2D eigenvalue weighted by molar-refractivity contribution is -0.118. The topological polar surface area (TPSA) is 68.2 Å². The fourth-order valence-electron chi connectivity index (χ4n) is 3.59. The molecule has 1 amide bonds. The van der Waals surface area contributed by atoms with Gasteiger partial charge in [-0.1, -0.05) is 42.8 Å². The van der Waals surface area contributed by atoms with E-state index >= 15 is 0 Å². The molecule has 0 bridgehead atoms. The number of carbonyl (C=O) groups excluding carboxylic acids is 1. The van der Waals surface area contributed by atoms with Gasteiger partial charge in [0.15, 0.2) is 5.69 Å².